The Labute approximate surface area is 167 Å². The van der Waals surface area contributed by atoms with E-state index in [1.54, 1.807) is 10.9 Å². The first kappa shape index (κ1) is 17.8. The minimum atomic E-state index is -0.203. The van der Waals surface area contributed by atoms with Crippen molar-refractivity contribution in [3.8, 4) is 5.82 Å². The average Bonchev–Trinajstić information content (AvgIpc) is 3.22. The van der Waals surface area contributed by atoms with E-state index in [1.807, 2.05) is 50.4 Å². The van der Waals surface area contributed by atoms with Crippen molar-refractivity contribution in [2.75, 3.05) is 18.4 Å². The smallest absolute Gasteiger partial charge is 0.229 e. The van der Waals surface area contributed by atoms with Gasteiger partial charge in [-0.2, -0.15) is 10.1 Å². The maximum atomic E-state index is 9.47. The van der Waals surface area contributed by atoms with E-state index in [0.717, 1.165) is 40.2 Å². The van der Waals surface area contributed by atoms with Crippen LogP contribution in [-0.2, 0) is 6.54 Å². The third-order valence-corrected chi connectivity index (χ3v) is 5.10. The lowest BCUT2D eigenvalue weighted by atomic mass is 10.1. The van der Waals surface area contributed by atoms with Crippen molar-refractivity contribution in [3.63, 3.8) is 0 Å². The number of likely N-dealkylation sites (tertiary alicyclic amines) is 1. The van der Waals surface area contributed by atoms with Gasteiger partial charge in [0.15, 0.2) is 5.82 Å². The van der Waals surface area contributed by atoms with Crippen LogP contribution in [0.1, 0.15) is 17.0 Å². The molecule has 1 aliphatic rings. The van der Waals surface area contributed by atoms with Crippen molar-refractivity contribution in [3.05, 3.63) is 59.7 Å². The number of hydrogen-bond acceptors (Lipinski definition) is 7. The van der Waals surface area contributed by atoms with Gasteiger partial charge in [0.2, 0.25) is 5.95 Å². The summed E-state index contributed by atoms with van der Waals surface area (Å²) in [5, 5.41) is 18.4. The Morgan fingerprint density at radius 3 is 2.90 bits per heavy atom. The first-order valence-corrected chi connectivity index (χ1v) is 9.60. The Kier molecular flexibility index (Phi) is 4.30. The molecule has 1 aliphatic heterocycles. The van der Waals surface area contributed by atoms with Crippen molar-refractivity contribution in [2.45, 2.75) is 26.5 Å². The first-order valence-electron chi connectivity index (χ1n) is 9.60. The molecule has 0 bridgehead atoms. The van der Waals surface area contributed by atoms with Gasteiger partial charge in [0, 0.05) is 54.7 Å². The Hall–Kier alpha value is -3.23. The lowest BCUT2D eigenvalue weighted by Crippen LogP contribution is -2.49. The number of hydrogen-bond donors (Lipinski definition) is 2. The summed E-state index contributed by atoms with van der Waals surface area (Å²) in [7, 11) is 0. The Bertz CT molecular complexity index is 1180. The van der Waals surface area contributed by atoms with E-state index in [-0.39, 0.29) is 6.10 Å². The normalized spacial score (nSPS) is 15.0. The summed E-state index contributed by atoms with van der Waals surface area (Å²) in [6.07, 6.45) is 3.51. The third kappa shape index (κ3) is 3.59. The number of aromatic nitrogens is 4. The second-order valence-electron chi connectivity index (χ2n) is 7.51. The average molecular weight is 390 g/mol. The number of anilines is 2. The fraction of sp³-hybridized carbons (Fsp3) is 0.286. The van der Waals surface area contributed by atoms with E-state index in [2.05, 4.69) is 25.3 Å². The monoisotopic (exact) mass is 390 g/mol. The van der Waals surface area contributed by atoms with Crippen LogP contribution in [-0.4, -0.2) is 48.9 Å². The van der Waals surface area contributed by atoms with E-state index in [0.29, 0.717) is 24.9 Å². The largest absolute Gasteiger partial charge is 0.461 e. The van der Waals surface area contributed by atoms with Crippen LogP contribution >= 0.6 is 0 Å². The molecular weight excluding hydrogens is 368 g/mol. The highest BCUT2D eigenvalue weighted by Gasteiger charge is 2.25. The quantitative estimate of drug-likeness (QED) is 0.541. The Morgan fingerprint density at radius 1 is 1.21 bits per heavy atom. The fourth-order valence-electron chi connectivity index (χ4n) is 3.60. The minimum Gasteiger partial charge on any atom is -0.461 e. The predicted molar refractivity (Wildman–Crippen MR) is 109 cm³/mol. The number of nitrogens with zero attached hydrogens (tertiary/aromatic N) is 5. The molecule has 8 heteroatoms. The number of furan rings is 1. The fourth-order valence-corrected chi connectivity index (χ4v) is 3.60. The molecule has 0 saturated carbocycles. The topological polar surface area (TPSA) is 92.2 Å². The van der Waals surface area contributed by atoms with Gasteiger partial charge in [0.25, 0.3) is 0 Å². The number of aliphatic hydroxyl groups excluding tert-OH is 1. The minimum absolute atomic E-state index is 0.203. The zero-order chi connectivity index (χ0) is 20.0. The Morgan fingerprint density at radius 2 is 2.07 bits per heavy atom. The van der Waals surface area contributed by atoms with Gasteiger partial charge < -0.3 is 14.8 Å². The summed E-state index contributed by atoms with van der Waals surface area (Å²) >= 11 is 0. The molecule has 1 saturated heterocycles. The van der Waals surface area contributed by atoms with Gasteiger partial charge in [0.1, 0.15) is 11.3 Å². The summed E-state index contributed by atoms with van der Waals surface area (Å²) in [5.74, 6) is 2.08. The van der Waals surface area contributed by atoms with Crippen molar-refractivity contribution in [1.29, 1.82) is 0 Å². The van der Waals surface area contributed by atoms with E-state index in [4.69, 9.17) is 4.42 Å². The highest BCUT2D eigenvalue weighted by Crippen LogP contribution is 2.24. The maximum absolute atomic E-state index is 9.47. The van der Waals surface area contributed by atoms with Gasteiger partial charge in [-0.3, -0.25) is 4.90 Å². The van der Waals surface area contributed by atoms with Crippen LogP contribution in [0.15, 0.2) is 47.1 Å². The second kappa shape index (κ2) is 6.98. The zero-order valence-electron chi connectivity index (χ0n) is 16.3. The van der Waals surface area contributed by atoms with E-state index < -0.39 is 0 Å². The standard InChI is InChI=1S/C21H22N6O2/c1-13-7-15-8-17(3-4-19(15)29-13)23-21-22-6-5-20(24-21)27-10-16(14(2)25-27)9-26-11-18(28)12-26/h3-8,10,18,28H,9,11-12H2,1-2H3,(H,22,23,24). The van der Waals surface area contributed by atoms with Gasteiger partial charge in [-0.1, -0.05) is 0 Å². The maximum Gasteiger partial charge on any atom is 0.229 e. The van der Waals surface area contributed by atoms with Crippen LogP contribution < -0.4 is 5.32 Å². The van der Waals surface area contributed by atoms with E-state index in [9.17, 15) is 5.11 Å². The van der Waals surface area contributed by atoms with Crippen LogP contribution in [0.4, 0.5) is 11.6 Å². The summed E-state index contributed by atoms with van der Waals surface area (Å²) in [5.41, 5.74) is 3.84. The van der Waals surface area contributed by atoms with Crippen LogP contribution in [0.5, 0.6) is 0 Å². The third-order valence-electron chi connectivity index (χ3n) is 5.10. The van der Waals surface area contributed by atoms with Crippen molar-refractivity contribution in [1.82, 2.24) is 24.6 Å². The Balaban J connectivity index is 1.36. The number of fused-ring (bicyclic) bond motifs is 1. The van der Waals surface area contributed by atoms with Gasteiger partial charge in [0.05, 0.1) is 11.8 Å². The number of aryl methyl sites for hydroxylation is 2. The molecular formula is C21H22N6O2. The molecule has 0 atom stereocenters. The summed E-state index contributed by atoms with van der Waals surface area (Å²) in [4.78, 5) is 11.1. The lowest BCUT2D eigenvalue weighted by Gasteiger charge is -2.35. The van der Waals surface area contributed by atoms with Crippen molar-refractivity contribution < 1.29 is 9.52 Å². The van der Waals surface area contributed by atoms with Crippen LogP contribution in [0.25, 0.3) is 16.8 Å². The molecule has 0 radical (unpaired) electrons. The molecule has 29 heavy (non-hydrogen) atoms. The van der Waals surface area contributed by atoms with Crippen LogP contribution in [0, 0.1) is 13.8 Å². The molecule has 0 amide bonds. The highest BCUT2D eigenvalue weighted by molar-refractivity contribution is 5.82. The molecule has 4 heterocycles. The molecule has 1 aromatic carbocycles. The lowest BCUT2D eigenvalue weighted by molar-refractivity contribution is -0.00297. The predicted octanol–water partition coefficient (Wildman–Crippen LogP) is 2.95. The molecule has 0 spiro atoms. The zero-order valence-corrected chi connectivity index (χ0v) is 16.3. The molecule has 1 fully saturated rings. The van der Waals surface area contributed by atoms with E-state index in [1.165, 1.54) is 0 Å². The second-order valence-corrected chi connectivity index (χ2v) is 7.51. The number of benzene rings is 1. The molecule has 3 aromatic heterocycles. The number of nitrogens with one attached hydrogen (secondary N) is 1. The molecule has 2 N–H and O–H groups in total. The van der Waals surface area contributed by atoms with Crippen LogP contribution in [0.3, 0.4) is 0 Å². The van der Waals surface area contributed by atoms with Crippen molar-refractivity contribution >= 4 is 22.6 Å². The van der Waals surface area contributed by atoms with Crippen molar-refractivity contribution in [2.24, 2.45) is 0 Å². The number of β-amino-alcohol motifs (C(OH)–C–C–N with tert-alkyl or cyclic N) is 1. The summed E-state index contributed by atoms with van der Waals surface area (Å²) in [6, 6.07) is 9.73. The number of aliphatic hydroxyl groups is 1. The SMILES string of the molecule is Cc1cc2cc(Nc3nccc(-n4cc(CN5CC(O)C5)c(C)n4)n3)ccc2o1. The van der Waals surface area contributed by atoms with Gasteiger partial charge >= 0.3 is 0 Å². The highest BCUT2D eigenvalue weighted by atomic mass is 16.3. The molecule has 0 aliphatic carbocycles. The molecule has 8 nitrogen and oxygen atoms in total. The van der Waals surface area contributed by atoms with Gasteiger partial charge in [-0.05, 0) is 38.1 Å². The number of rotatable bonds is 5. The van der Waals surface area contributed by atoms with E-state index >= 15 is 0 Å². The first-order chi connectivity index (χ1) is 14.0. The summed E-state index contributed by atoms with van der Waals surface area (Å²) < 4.78 is 7.40. The molecule has 148 valence electrons. The summed E-state index contributed by atoms with van der Waals surface area (Å²) in [6.45, 7) is 6.14. The molecule has 0 unspecified atom stereocenters. The molecule has 4 aromatic rings. The van der Waals surface area contributed by atoms with Crippen LogP contribution in [0.2, 0.25) is 0 Å². The molecule has 5 rings (SSSR count). The van der Waals surface area contributed by atoms with Gasteiger partial charge in [-0.25, -0.2) is 9.67 Å². The van der Waals surface area contributed by atoms with Gasteiger partial charge in [-0.15, -0.1) is 0 Å².